The van der Waals surface area contributed by atoms with Crippen LogP contribution >= 0.6 is 11.6 Å². The lowest BCUT2D eigenvalue weighted by molar-refractivity contribution is 0.730. The topological polar surface area (TPSA) is 196 Å². The van der Waals surface area contributed by atoms with Gasteiger partial charge in [0.1, 0.15) is 23.3 Å². The minimum absolute atomic E-state index is 0.0259. The van der Waals surface area contributed by atoms with E-state index in [4.69, 9.17) is 23.1 Å². The average molecular weight is 483 g/mol. The van der Waals surface area contributed by atoms with Gasteiger partial charge in [0.2, 0.25) is 5.95 Å². The van der Waals surface area contributed by atoms with Crippen molar-refractivity contribution in [2.45, 2.75) is 13.0 Å². The second-order valence-corrected chi connectivity index (χ2v) is 7.81. The van der Waals surface area contributed by atoms with Gasteiger partial charge in [0.05, 0.1) is 50.9 Å². The van der Waals surface area contributed by atoms with Crippen molar-refractivity contribution in [3.8, 4) is 23.9 Å². The molecule has 0 saturated carbocycles. The molecular weight excluding hydrogens is 468 g/mol. The summed E-state index contributed by atoms with van der Waals surface area (Å²) < 4.78 is 1.26. The van der Waals surface area contributed by atoms with Gasteiger partial charge in [-0.05, 0) is 37.3 Å². The van der Waals surface area contributed by atoms with Crippen LogP contribution in [0.1, 0.15) is 35.5 Å². The maximum Gasteiger partial charge on any atom is 0.267 e. The molecule has 0 bridgehead atoms. The molecule has 1 unspecified atom stereocenters. The van der Waals surface area contributed by atoms with E-state index < -0.39 is 11.6 Å². The van der Waals surface area contributed by atoms with E-state index in [1.54, 1.807) is 25.1 Å². The molecule has 0 aliphatic rings. The molecule has 35 heavy (non-hydrogen) atoms. The summed E-state index contributed by atoms with van der Waals surface area (Å²) in [7, 11) is 0. The lowest BCUT2D eigenvalue weighted by Crippen LogP contribution is -2.28. The number of rotatable bonds is 4. The first-order valence-corrected chi connectivity index (χ1v) is 10.4. The van der Waals surface area contributed by atoms with Gasteiger partial charge >= 0.3 is 0 Å². The highest BCUT2D eigenvalue weighted by Gasteiger charge is 2.22. The number of nitrogen functional groups attached to an aromatic ring is 2. The minimum Gasteiger partial charge on any atom is -0.382 e. The molecule has 0 amide bonds. The number of halogens is 1. The Labute approximate surface area is 203 Å². The summed E-state index contributed by atoms with van der Waals surface area (Å²) in [6.07, 6.45) is 0. The standard InChI is InChI=1S/C23H15ClN10O/c1-11(30-20-15(10-27)19(28)32-23(29)33-20)21-31-17-4-2-3-16(24)18(17)22(35)34(21)14-6-12(8-25)5-13(7-14)9-26/h2-7,11H,1H3,(H5,28,29,30,32,33). The minimum atomic E-state index is -0.733. The Morgan fingerprint density at radius 2 is 1.71 bits per heavy atom. The van der Waals surface area contributed by atoms with Crippen LogP contribution in [0.5, 0.6) is 0 Å². The van der Waals surface area contributed by atoms with Crippen LogP contribution in [0.25, 0.3) is 16.6 Å². The second kappa shape index (κ2) is 8.99. The largest absolute Gasteiger partial charge is 0.382 e. The number of aromatic nitrogens is 4. The lowest BCUT2D eigenvalue weighted by Gasteiger charge is -2.21. The predicted octanol–water partition coefficient (Wildman–Crippen LogP) is 2.78. The summed E-state index contributed by atoms with van der Waals surface area (Å²) in [5, 5.41) is 31.7. The van der Waals surface area contributed by atoms with E-state index in [1.165, 1.54) is 22.8 Å². The Bertz CT molecular complexity index is 1660. The van der Waals surface area contributed by atoms with Crippen molar-refractivity contribution in [3.63, 3.8) is 0 Å². The quantitative estimate of drug-likeness (QED) is 0.388. The van der Waals surface area contributed by atoms with Gasteiger partial charge in [-0.25, -0.2) is 4.98 Å². The molecule has 2 aromatic heterocycles. The Hall–Kier alpha value is -5.18. The maximum absolute atomic E-state index is 13.7. The zero-order valence-electron chi connectivity index (χ0n) is 18.1. The summed E-state index contributed by atoms with van der Waals surface area (Å²) in [6, 6.07) is 14.4. The van der Waals surface area contributed by atoms with Crippen molar-refractivity contribution in [1.29, 1.82) is 15.8 Å². The molecule has 4 rings (SSSR count). The second-order valence-electron chi connectivity index (χ2n) is 7.41. The maximum atomic E-state index is 13.7. The summed E-state index contributed by atoms with van der Waals surface area (Å²) in [4.78, 5) is 26.2. The van der Waals surface area contributed by atoms with Gasteiger partial charge in [0.15, 0.2) is 5.82 Å². The van der Waals surface area contributed by atoms with Crippen molar-refractivity contribution in [1.82, 2.24) is 19.5 Å². The van der Waals surface area contributed by atoms with E-state index in [2.05, 4.69) is 20.3 Å². The van der Waals surface area contributed by atoms with Crippen molar-refractivity contribution in [2.24, 2.45) is 0 Å². The summed E-state index contributed by atoms with van der Waals surface area (Å²) >= 11 is 6.32. The molecule has 5 N–H and O–H groups in total. The first kappa shape index (κ1) is 23.0. The van der Waals surface area contributed by atoms with Crippen molar-refractivity contribution in [3.05, 3.63) is 74.3 Å². The van der Waals surface area contributed by atoms with E-state index in [1.807, 2.05) is 18.2 Å². The fraction of sp³-hybridized carbons (Fsp3) is 0.0870. The fourth-order valence-corrected chi connectivity index (χ4v) is 3.85. The number of anilines is 3. The van der Waals surface area contributed by atoms with Crippen LogP contribution in [-0.2, 0) is 0 Å². The van der Waals surface area contributed by atoms with Crippen LogP contribution in [0.15, 0.2) is 41.2 Å². The van der Waals surface area contributed by atoms with E-state index in [0.717, 1.165) is 0 Å². The molecule has 170 valence electrons. The Kier molecular flexibility index (Phi) is 5.90. The molecular formula is C23H15ClN10O. The third kappa shape index (κ3) is 4.13. The smallest absolute Gasteiger partial charge is 0.267 e. The molecule has 0 aliphatic heterocycles. The first-order chi connectivity index (χ1) is 16.8. The van der Waals surface area contributed by atoms with E-state index in [9.17, 15) is 20.6 Å². The SMILES string of the molecule is CC(Nc1nc(N)nc(N)c1C#N)c1nc2cccc(Cl)c2c(=O)n1-c1cc(C#N)cc(C#N)c1. The number of nitrogens with one attached hydrogen (secondary N) is 1. The summed E-state index contributed by atoms with van der Waals surface area (Å²) in [5.41, 5.74) is 11.9. The van der Waals surface area contributed by atoms with Gasteiger partial charge in [-0.15, -0.1) is 0 Å². The predicted molar refractivity (Wildman–Crippen MR) is 129 cm³/mol. The van der Waals surface area contributed by atoms with Gasteiger partial charge in [-0.3, -0.25) is 9.36 Å². The molecule has 12 heteroatoms. The van der Waals surface area contributed by atoms with E-state index in [-0.39, 0.29) is 56.2 Å². The molecule has 2 heterocycles. The summed E-state index contributed by atoms with van der Waals surface area (Å²) in [5.74, 6) is 0.00169. The molecule has 11 nitrogen and oxygen atoms in total. The van der Waals surface area contributed by atoms with E-state index >= 15 is 0 Å². The van der Waals surface area contributed by atoms with Crippen LogP contribution in [-0.4, -0.2) is 19.5 Å². The highest BCUT2D eigenvalue weighted by molar-refractivity contribution is 6.35. The molecule has 1 atom stereocenters. The normalized spacial score (nSPS) is 11.3. The third-order valence-electron chi connectivity index (χ3n) is 5.11. The highest BCUT2D eigenvalue weighted by atomic mass is 35.5. The highest BCUT2D eigenvalue weighted by Crippen LogP contribution is 2.27. The van der Waals surface area contributed by atoms with Crippen LogP contribution in [0, 0.1) is 34.0 Å². The van der Waals surface area contributed by atoms with Gasteiger partial charge in [-0.1, -0.05) is 17.7 Å². The number of hydrogen-bond donors (Lipinski definition) is 3. The van der Waals surface area contributed by atoms with Crippen LogP contribution < -0.4 is 22.3 Å². The Balaban J connectivity index is 2.01. The number of benzene rings is 2. The molecule has 0 radical (unpaired) electrons. The molecule has 4 aromatic rings. The van der Waals surface area contributed by atoms with Gasteiger partial charge in [-0.2, -0.15) is 25.8 Å². The van der Waals surface area contributed by atoms with Gasteiger partial charge < -0.3 is 16.8 Å². The Morgan fingerprint density at radius 3 is 2.34 bits per heavy atom. The number of hydrogen-bond acceptors (Lipinski definition) is 10. The van der Waals surface area contributed by atoms with Crippen molar-refractivity contribution in [2.75, 3.05) is 16.8 Å². The van der Waals surface area contributed by atoms with Crippen LogP contribution in [0.3, 0.4) is 0 Å². The first-order valence-electron chi connectivity index (χ1n) is 10.0. The van der Waals surface area contributed by atoms with Gasteiger partial charge in [0, 0.05) is 0 Å². The monoisotopic (exact) mass is 482 g/mol. The number of fused-ring (bicyclic) bond motifs is 1. The molecule has 2 aromatic carbocycles. The number of nitrogens with two attached hydrogens (primary N) is 2. The molecule has 0 saturated heterocycles. The Morgan fingerprint density at radius 1 is 1.03 bits per heavy atom. The summed E-state index contributed by atoms with van der Waals surface area (Å²) in [6.45, 7) is 1.68. The van der Waals surface area contributed by atoms with Crippen LogP contribution in [0.4, 0.5) is 17.6 Å². The molecule has 0 spiro atoms. The number of nitrogens with zero attached hydrogens (tertiary/aromatic N) is 7. The van der Waals surface area contributed by atoms with Crippen LogP contribution in [0.2, 0.25) is 5.02 Å². The fourth-order valence-electron chi connectivity index (χ4n) is 3.60. The van der Waals surface area contributed by atoms with Crippen molar-refractivity contribution < 1.29 is 0 Å². The zero-order chi connectivity index (χ0) is 25.3. The van der Waals surface area contributed by atoms with Crippen molar-refractivity contribution >= 4 is 40.1 Å². The molecule has 0 aliphatic carbocycles. The zero-order valence-corrected chi connectivity index (χ0v) is 18.9. The number of nitriles is 3. The van der Waals surface area contributed by atoms with Gasteiger partial charge in [0.25, 0.3) is 5.56 Å². The lowest BCUT2D eigenvalue weighted by atomic mass is 10.1. The third-order valence-corrected chi connectivity index (χ3v) is 5.43. The average Bonchev–Trinajstić information content (AvgIpc) is 2.83. The molecule has 0 fully saturated rings. The van der Waals surface area contributed by atoms with E-state index in [0.29, 0.717) is 5.52 Å².